The predicted molar refractivity (Wildman–Crippen MR) is 128 cm³/mol. The maximum atomic E-state index is 13.7. The molecule has 2 aliphatic rings. The van der Waals surface area contributed by atoms with Crippen molar-refractivity contribution in [3.05, 3.63) is 48.0 Å². The van der Waals surface area contributed by atoms with Gasteiger partial charge >= 0.3 is 0 Å². The molecule has 0 unspecified atom stereocenters. The van der Waals surface area contributed by atoms with E-state index in [0.29, 0.717) is 30.3 Å². The summed E-state index contributed by atoms with van der Waals surface area (Å²) in [5.41, 5.74) is 0.699. The Morgan fingerprint density at radius 3 is 2.64 bits per heavy atom. The van der Waals surface area contributed by atoms with Crippen molar-refractivity contribution in [1.29, 1.82) is 0 Å². The normalized spacial score (nSPS) is 18.9. The smallest absolute Gasteiger partial charge is 0.247 e. The molecule has 11 nitrogen and oxygen atoms in total. The van der Waals surface area contributed by atoms with Crippen molar-refractivity contribution in [1.82, 2.24) is 35.4 Å². The number of carbonyl (C=O) groups excluding carboxylic acids is 2. The van der Waals surface area contributed by atoms with Crippen LogP contribution in [-0.4, -0.2) is 67.2 Å². The van der Waals surface area contributed by atoms with Crippen LogP contribution in [0.3, 0.4) is 0 Å². The standard InChI is InChI=1S/C25H31N7O4/c1-17-8-9-21(36-17)24-28-30-32(29-24)16-22(33)31(15-20-7-4-14-35-20)23(18-10-12-26-13-11-18)25(34)27-19-5-2-3-6-19/h8-13,19-20,23H,2-7,14-16H2,1H3,(H,27,34)/t20-,23+/m1/s1. The number of furan rings is 1. The van der Waals surface area contributed by atoms with Crippen LogP contribution in [0.2, 0.25) is 0 Å². The van der Waals surface area contributed by atoms with Gasteiger partial charge in [0.25, 0.3) is 0 Å². The summed E-state index contributed by atoms with van der Waals surface area (Å²) in [6.07, 6.45) is 8.99. The summed E-state index contributed by atoms with van der Waals surface area (Å²) in [6.45, 7) is 2.61. The molecular formula is C25H31N7O4. The van der Waals surface area contributed by atoms with Crippen LogP contribution >= 0.6 is 0 Å². The van der Waals surface area contributed by atoms with E-state index < -0.39 is 6.04 Å². The van der Waals surface area contributed by atoms with Gasteiger partial charge in [0.2, 0.25) is 17.6 Å². The summed E-state index contributed by atoms with van der Waals surface area (Å²) >= 11 is 0. The van der Waals surface area contributed by atoms with Gasteiger partial charge in [0.05, 0.1) is 6.10 Å². The molecule has 3 aromatic heterocycles. The Labute approximate surface area is 209 Å². The van der Waals surface area contributed by atoms with Crippen molar-refractivity contribution in [3.8, 4) is 11.6 Å². The number of aromatic nitrogens is 5. The van der Waals surface area contributed by atoms with Crippen LogP contribution < -0.4 is 5.32 Å². The topological polar surface area (TPSA) is 128 Å². The third-order valence-electron chi connectivity index (χ3n) is 6.72. The summed E-state index contributed by atoms with van der Waals surface area (Å²) in [6, 6.07) is 6.43. The molecule has 5 rings (SSSR count). The van der Waals surface area contributed by atoms with Gasteiger partial charge in [-0.05, 0) is 67.6 Å². The van der Waals surface area contributed by atoms with Gasteiger partial charge in [0, 0.05) is 31.6 Å². The maximum absolute atomic E-state index is 13.7. The minimum atomic E-state index is -0.819. The Morgan fingerprint density at radius 1 is 1.14 bits per heavy atom. The molecule has 1 N–H and O–H groups in total. The van der Waals surface area contributed by atoms with Gasteiger partial charge in [-0.3, -0.25) is 14.6 Å². The summed E-state index contributed by atoms with van der Waals surface area (Å²) in [5, 5.41) is 15.6. The fourth-order valence-corrected chi connectivity index (χ4v) is 4.90. The van der Waals surface area contributed by atoms with Crippen molar-refractivity contribution in [2.45, 2.75) is 70.2 Å². The highest BCUT2D eigenvalue weighted by Gasteiger charge is 2.35. The Bertz CT molecular complexity index is 1170. The zero-order chi connectivity index (χ0) is 24.9. The van der Waals surface area contributed by atoms with Crippen LogP contribution in [0, 0.1) is 6.92 Å². The lowest BCUT2D eigenvalue weighted by Gasteiger charge is -2.33. The largest absolute Gasteiger partial charge is 0.458 e. The molecule has 2 atom stereocenters. The zero-order valence-corrected chi connectivity index (χ0v) is 20.4. The molecule has 1 aliphatic heterocycles. The number of amides is 2. The van der Waals surface area contributed by atoms with Gasteiger partial charge in [0.15, 0.2) is 5.76 Å². The molecule has 11 heteroatoms. The third kappa shape index (κ3) is 5.62. The minimum Gasteiger partial charge on any atom is -0.458 e. The van der Waals surface area contributed by atoms with E-state index in [1.807, 2.05) is 13.0 Å². The molecule has 2 amide bonds. The van der Waals surface area contributed by atoms with Crippen molar-refractivity contribution < 1.29 is 18.7 Å². The molecule has 36 heavy (non-hydrogen) atoms. The first-order valence-corrected chi connectivity index (χ1v) is 12.5. The number of pyridine rings is 1. The second-order valence-electron chi connectivity index (χ2n) is 9.41. The van der Waals surface area contributed by atoms with Gasteiger partial charge in [0.1, 0.15) is 18.3 Å². The first-order chi connectivity index (χ1) is 17.6. The molecule has 1 saturated carbocycles. The number of hydrogen-bond donors (Lipinski definition) is 1. The predicted octanol–water partition coefficient (Wildman–Crippen LogP) is 2.44. The number of nitrogens with zero attached hydrogens (tertiary/aromatic N) is 6. The van der Waals surface area contributed by atoms with Crippen LogP contribution in [0.1, 0.15) is 55.9 Å². The van der Waals surface area contributed by atoms with E-state index in [9.17, 15) is 9.59 Å². The molecule has 4 heterocycles. The van der Waals surface area contributed by atoms with Gasteiger partial charge in [-0.2, -0.15) is 4.80 Å². The monoisotopic (exact) mass is 493 g/mol. The van der Waals surface area contributed by atoms with E-state index in [1.54, 1.807) is 35.5 Å². The van der Waals surface area contributed by atoms with E-state index in [0.717, 1.165) is 44.3 Å². The summed E-state index contributed by atoms with van der Waals surface area (Å²) in [5.74, 6) is 1.01. The van der Waals surface area contributed by atoms with E-state index >= 15 is 0 Å². The highest BCUT2D eigenvalue weighted by Crippen LogP contribution is 2.26. The number of carbonyl (C=O) groups is 2. The van der Waals surface area contributed by atoms with E-state index in [1.165, 1.54) is 4.80 Å². The first-order valence-electron chi connectivity index (χ1n) is 12.5. The lowest BCUT2D eigenvalue weighted by Crippen LogP contribution is -2.49. The van der Waals surface area contributed by atoms with E-state index in [-0.39, 0.29) is 30.5 Å². The van der Waals surface area contributed by atoms with Crippen LogP contribution in [0.5, 0.6) is 0 Å². The average molecular weight is 494 g/mol. The number of nitrogens with one attached hydrogen (secondary N) is 1. The average Bonchev–Trinajstić information content (AvgIpc) is 3.68. The lowest BCUT2D eigenvalue weighted by molar-refractivity contribution is -0.143. The SMILES string of the molecule is Cc1ccc(-c2nnn(CC(=O)N(C[C@H]3CCCO3)[C@H](C(=O)NC3CCCC3)c3ccncc3)n2)o1. The molecule has 2 fully saturated rings. The van der Waals surface area contributed by atoms with E-state index in [2.05, 4.69) is 25.7 Å². The molecule has 1 aliphatic carbocycles. The lowest BCUT2D eigenvalue weighted by atomic mass is 10.0. The molecule has 3 aromatic rings. The van der Waals surface area contributed by atoms with Crippen molar-refractivity contribution in [2.75, 3.05) is 13.2 Å². The van der Waals surface area contributed by atoms with Crippen molar-refractivity contribution in [3.63, 3.8) is 0 Å². The van der Waals surface area contributed by atoms with Crippen LogP contribution in [0.15, 0.2) is 41.1 Å². The molecule has 190 valence electrons. The first kappa shape index (κ1) is 24.1. The fraction of sp³-hybridized carbons (Fsp3) is 0.520. The summed E-state index contributed by atoms with van der Waals surface area (Å²) < 4.78 is 11.4. The van der Waals surface area contributed by atoms with Gasteiger partial charge in [-0.1, -0.05) is 12.8 Å². The number of hydrogen-bond acceptors (Lipinski definition) is 8. The van der Waals surface area contributed by atoms with Crippen LogP contribution in [0.25, 0.3) is 11.6 Å². The summed E-state index contributed by atoms with van der Waals surface area (Å²) in [4.78, 5) is 34.3. The van der Waals surface area contributed by atoms with Crippen molar-refractivity contribution in [2.24, 2.45) is 0 Å². The Hall–Kier alpha value is -3.60. The highest BCUT2D eigenvalue weighted by molar-refractivity contribution is 5.89. The Kier molecular flexibility index (Phi) is 7.36. The molecular weight excluding hydrogens is 462 g/mol. The second-order valence-corrected chi connectivity index (χ2v) is 9.41. The number of aryl methyl sites for hydroxylation is 1. The quantitative estimate of drug-likeness (QED) is 0.481. The molecule has 1 saturated heterocycles. The minimum absolute atomic E-state index is 0.123. The number of rotatable bonds is 9. The van der Waals surface area contributed by atoms with Gasteiger partial charge in [-0.15, -0.1) is 10.2 Å². The summed E-state index contributed by atoms with van der Waals surface area (Å²) in [7, 11) is 0. The zero-order valence-electron chi connectivity index (χ0n) is 20.4. The number of tetrazole rings is 1. The highest BCUT2D eigenvalue weighted by atomic mass is 16.5. The molecule has 0 spiro atoms. The van der Waals surface area contributed by atoms with Crippen LogP contribution in [-0.2, 0) is 20.9 Å². The Balaban J connectivity index is 1.41. The maximum Gasteiger partial charge on any atom is 0.247 e. The van der Waals surface area contributed by atoms with Gasteiger partial charge in [-0.25, -0.2) is 0 Å². The Morgan fingerprint density at radius 2 is 1.94 bits per heavy atom. The van der Waals surface area contributed by atoms with E-state index in [4.69, 9.17) is 9.15 Å². The fourth-order valence-electron chi connectivity index (χ4n) is 4.90. The second kappa shape index (κ2) is 11.0. The van der Waals surface area contributed by atoms with Gasteiger partial charge < -0.3 is 19.4 Å². The van der Waals surface area contributed by atoms with Crippen molar-refractivity contribution >= 4 is 11.8 Å². The molecule has 0 radical (unpaired) electrons. The number of ether oxygens (including phenoxy) is 1. The molecule has 0 aromatic carbocycles. The molecule has 0 bridgehead atoms. The van der Waals surface area contributed by atoms with Crippen LogP contribution in [0.4, 0.5) is 0 Å². The third-order valence-corrected chi connectivity index (χ3v) is 6.72.